The zero-order valence-electron chi connectivity index (χ0n) is 17.7. The number of carbonyl (C=O) groups excluding carboxylic acids is 1. The van der Waals surface area contributed by atoms with E-state index in [1.807, 2.05) is 31.2 Å². The van der Waals surface area contributed by atoms with Gasteiger partial charge in [0.15, 0.2) is 5.69 Å². The van der Waals surface area contributed by atoms with Crippen LogP contribution in [-0.4, -0.2) is 46.2 Å². The highest BCUT2D eigenvalue weighted by Gasteiger charge is 2.32. The fourth-order valence-electron chi connectivity index (χ4n) is 4.08. The number of piperidine rings is 1. The zero-order valence-corrected chi connectivity index (χ0v) is 17.7. The number of hydrogen-bond donors (Lipinski definition) is 4. The first-order valence-corrected chi connectivity index (χ1v) is 10.5. The standard InChI is InChI=1S/C23H28N6O2/c1-3-14-4-5-15-9-16(24)21(27-18(15)8-14)23(31)28-19-10-26-7-6-20(19)29-11-13(2)22(30)17(25)12-29/h4-10,13,17,22,30H,3,11-12,24-25H2,1-2H3,(H,28,31). The molecular formula is C23H28N6O2. The van der Waals surface area contributed by atoms with Gasteiger partial charge in [0.1, 0.15) is 0 Å². The van der Waals surface area contributed by atoms with Crippen LogP contribution in [0, 0.1) is 5.92 Å². The predicted molar refractivity (Wildman–Crippen MR) is 123 cm³/mol. The van der Waals surface area contributed by atoms with Crippen LogP contribution in [0.25, 0.3) is 10.9 Å². The second-order valence-electron chi connectivity index (χ2n) is 8.19. The smallest absolute Gasteiger partial charge is 0.276 e. The average Bonchev–Trinajstić information content (AvgIpc) is 2.76. The third-order valence-corrected chi connectivity index (χ3v) is 5.88. The Bertz CT molecular complexity index is 1110. The number of aromatic nitrogens is 2. The SMILES string of the molecule is CCc1ccc2cc(N)c(C(=O)Nc3cnccc3N3CC(C)C(O)C(N)C3)nc2c1. The van der Waals surface area contributed by atoms with E-state index in [0.29, 0.717) is 24.5 Å². The van der Waals surface area contributed by atoms with E-state index in [1.165, 1.54) is 0 Å². The molecule has 4 rings (SSSR count). The Morgan fingerprint density at radius 3 is 2.84 bits per heavy atom. The first-order chi connectivity index (χ1) is 14.9. The van der Waals surface area contributed by atoms with Crippen LogP contribution in [0.2, 0.25) is 0 Å². The van der Waals surface area contributed by atoms with Crippen LogP contribution in [0.4, 0.5) is 17.1 Å². The fraction of sp³-hybridized carbons (Fsp3) is 0.348. The van der Waals surface area contributed by atoms with Crippen molar-refractivity contribution < 1.29 is 9.90 Å². The van der Waals surface area contributed by atoms with Crippen molar-refractivity contribution in [2.75, 3.05) is 29.0 Å². The summed E-state index contributed by atoms with van der Waals surface area (Å²) < 4.78 is 0. The van der Waals surface area contributed by atoms with E-state index in [2.05, 4.69) is 27.1 Å². The van der Waals surface area contributed by atoms with E-state index in [1.54, 1.807) is 18.5 Å². The number of rotatable bonds is 4. The maximum absolute atomic E-state index is 13.1. The number of nitrogen functional groups attached to an aromatic ring is 1. The number of carbonyl (C=O) groups is 1. The van der Waals surface area contributed by atoms with Gasteiger partial charge in [-0.25, -0.2) is 4.98 Å². The monoisotopic (exact) mass is 420 g/mol. The normalized spacial score (nSPS) is 21.3. The summed E-state index contributed by atoms with van der Waals surface area (Å²) >= 11 is 0. The van der Waals surface area contributed by atoms with E-state index in [9.17, 15) is 9.90 Å². The lowest BCUT2D eigenvalue weighted by atomic mass is 9.92. The van der Waals surface area contributed by atoms with Gasteiger partial charge >= 0.3 is 0 Å². The number of fused-ring (bicyclic) bond motifs is 1. The molecular weight excluding hydrogens is 392 g/mol. The Balaban J connectivity index is 1.63. The van der Waals surface area contributed by atoms with E-state index in [0.717, 1.165) is 28.6 Å². The van der Waals surface area contributed by atoms with Crippen molar-refractivity contribution in [3.63, 3.8) is 0 Å². The van der Waals surface area contributed by atoms with Crippen molar-refractivity contribution in [1.82, 2.24) is 9.97 Å². The summed E-state index contributed by atoms with van der Waals surface area (Å²) in [5, 5.41) is 14.0. The minimum Gasteiger partial charge on any atom is -0.397 e. The summed E-state index contributed by atoms with van der Waals surface area (Å²) in [4.78, 5) is 23.8. The third kappa shape index (κ3) is 4.17. The summed E-state index contributed by atoms with van der Waals surface area (Å²) in [6, 6.07) is 9.21. The molecule has 0 saturated carbocycles. The molecule has 8 nitrogen and oxygen atoms in total. The number of pyridine rings is 2. The van der Waals surface area contributed by atoms with Crippen molar-refractivity contribution >= 4 is 33.9 Å². The number of aliphatic hydroxyl groups is 1. The van der Waals surface area contributed by atoms with Gasteiger partial charge in [-0.3, -0.25) is 9.78 Å². The van der Waals surface area contributed by atoms with Crippen LogP contribution in [-0.2, 0) is 6.42 Å². The molecule has 1 aliphatic rings. The summed E-state index contributed by atoms with van der Waals surface area (Å²) in [7, 11) is 0. The molecule has 3 heterocycles. The van der Waals surface area contributed by atoms with Crippen LogP contribution in [0.1, 0.15) is 29.9 Å². The van der Waals surface area contributed by atoms with Gasteiger partial charge in [-0.15, -0.1) is 0 Å². The van der Waals surface area contributed by atoms with E-state index in [-0.39, 0.29) is 17.7 Å². The number of anilines is 3. The van der Waals surface area contributed by atoms with Crippen molar-refractivity contribution in [2.45, 2.75) is 32.4 Å². The Labute approximate surface area is 181 Å². The minimum absolute atomic E-state index is 0.00558. The molecule has 0 aliphatic carbocycles. The van der Waals surface area contributed by atoms with Crippen molar-refractivity contribution in [1.29, 1.82) is 0 Å². The number of nitrogens with one attached hydrogen (secondary N) is 1. The molecule has 3 atom stereocenters. The molecule has 2 aromatic heterocycles. The second-order valence-corrected chi connectivity index (χ2v) is 8.19. The van der Waals surface area contributed by atoms with Gasteiger partial charge in [0.2, 0.25) is 0 Å². The van der Waals surface area contributed by atoms with Gasteiger partial charge in [0.05, 0.1) is 34.9 Å². The minimum atomic E-state index is -0.550. The van der Waals surface area contributed by atoms with Crippen LogP contribution < -0.4 is 21.7 Å². The summed E-state index contributed by atoms with van der Waals surface area (Å²) in [6.07, 6.45) is 3.60. The maximum atomic E-state index is 13.1. The van der Waals surface area contributed by atoms with Crippen molar-refractivity contribution in [3.05, 3.63) is 54.0 Å². The molecule has 3 aromatic rings. The van der Waals surface area contributed by atoms with Crippen molar-refractivity contribution in [2.24, 2.45) is 11.7 Å². The first-order valence-electron chi connectivity index (χ1n) is 10.5. The lowest BCUT2D eigenvalue weighted by molar-refractivity contribution is 0.0785. The van der Waals surface area contributed by atoms with Crippen LogP contribution in [0.3, 0.4) is 0 Å². The summed E-state index contributed by atoms with van der Waals surface area (Å²) in [5.41, 5.74) is 16.0. The van der Waals surface area contributed by atoms with Crippen LogP contribution in [0.15, 0.2) is 42.7 Å². The Morgan fingerprint density at radius 1 is 1.29 bits per heavy atom. The molecule has 0 spiro atoms. The molecule has 1 amide bonds. The van der Waals surface area contributed by atoms with Gasteiger partial charge in [-0.05, 0) is 30.2 Å². The number of aryl methyl sites for hydroxylation is 1. The van der Waals surface area contributed by atoms with Crippen LogP contribution >= 0.6 is 0 Å². The van der Waals surface area contributed by atoms with Crippen LogP contribution in [0.5, 0.6) is 0 Å². The number of benzene rings is 1. The number of aliphatic hydroxyl groups excluding tert-OH is 1. The Kier molecular flexibility index (Phi) is 5.75. The number of nitrogens with two attached hydrogens (primary N) is 2. The largest absolute Gasteiger partial charge is 0.397 e. The topological polar surface area (TPSA) is 130 Å². The second kappa shape index (κ2) is 8.49. The van der Waals surface area contributed by atoms with Gasteiger partial charge in [-0.1, -0.05) is 26.0 Å². The zero-order chi connectivity index (χ0) is 22.1. The summed E-state index contributed by atoms with van der Waals surface area (Å²) in [5.74, 6) is -0.393. The lowest BCUT2D eigenvalue weighted by Crippen LogP contribution is -2.55. The molecule has 1 aromatic carbocycles. The predicted octanol–water partition coefficient (Wildman–Crippen LogP) is 2.17. The number of nitrogens with zero attached hydrogens (tertiary/aromatic N) is 3. The summed E-state index contributed by atoms with van der Waals surface area (Å²) in [6.45, 7) is 5.13. The molecule has 8 heteroatoms. The third-order valence-electron chi connectivity index (χ3n) is 5.88. The average molecular weight is 421 g/mol. The van der Waals surface area contributed by atoms with Gasteiger partial charge in [0, 0.05) is 36.6 Å². The van der Waals surface area contributed by atoms with Gasteiger partial charge < -0.3 is 26.8 Å². The van der Waals surface area contributed by atoms with E-state index < -0.39 is 12.0 Å². The van der Waals surface area contributed by atoms with E-state index in [4.69, 9.17) is 11.5 Å². The Morgan fingerprint density at radius 2 is 2.10 bits per heavy atom. The number of amides is 1. The molecule has 0 radical (unpaired) electrons. The molecule has 6 N–H and O–H groups in total. The van der Waals surface area contributed by atoms with E-state index >= 15 is 0 Å². The molecule has 3 unspecified atom stereocenters. The highest BCUT2D eigenvalue weighted by atomic mass is 16.3. The fourth-order valence-corrected chi connectivity index (χ4v) is 4.08. The van der Waals surface area contributed by atoms with Gasteiger partial charge in [-0.2, -0.15) is 0 Å². The quantitative estimate of drug-likeness (QED) is 0.509. The number of hydrogen-bond acceptors (Lipinski definition) is 7. The van der Waals surface area contributed by atoms with Gasteiger partial charge in [0.25, 0.3) is 5.91 Å². The Hall–Kier alpha value is -3.23. The highest BCUT2D eigenvalue weighted by Crippen LogP contribution is 2.30. The highest BCUT2D eigenvalue weighted by molar-refractivity contribution is 6.09. The molecule has 1 saturated heterocycles. The lowest BCUT2D eigenvalue weighted by Gasteiger charge is -2.40. The molecule has 31 heavy (non-hydrogen) atoms. The van der Waals surface area contributed by atoms with Crippen molar-refractivity contribution in [3.8, 4) is 0 Å². The first kappa shape index (κ1) is 21.0. The molecule has 0 bridgehead atoms. The maximum Gasteiger partial charge on any atom is 0.276 e. The molecule has 1 fully saturated rings. The molecule has 1 aliphatic heterocycles. The molecule has 162 valence electrons.